The first-order valence-electron chi connectivity index (χ1n) is 11.8. The number of rotatable bonds is 4. The summed E-state index contributed by atoms with van der Waals surface area (Å²) in [5.41, 5.74) is 6.40. The fraction of sp³-hybridized carbons (Fsp3) is 0.172. The molecule has 5 nitrogen and oxygen atoms in total. The highest BCUT2D eigenvalue weighted by atomic mass is 32.1. The molecule has 1 aliphatic heterocycles. The van der Waals surface area contributed by atoms with Crippen LogP contribution in [-0.2, 0) is 0 Å². The minimum Gasteiger partial charge on any atom is -0.504 e. The van der Waals surface area contributed by atoms with Gasteiger partial charge in [-0.1, -0.05) is 60.7 Å². The standard InChI is InChI=1S/C29H25N3O2S/c33-25-15-14-21(17-26(25)34)24-18-35-29(30-24)32-28(20-10-5-2-6-11-20)23-13-7-12-22(27(23)31-32)16-19-8-3-1-4-9-19/h1-6,8-11,14-18,23,28,33-34H,7,12-13H2/b22-16-. The van der Waals surface area contributed by atoms with Gasteiger partial charge in [0.2, 0.25) is 5.13 Å². The molecule has 6 rings (SSSR count). The van der Waals surface area contributed by atoms with Crippen LogP contribution in [-0.4, -0.2) is 20.9 Å². The van der Waals surface area contributed by atoms with Crippen LogP contribution >= 0.6 is 11.3 Å². The van der Waals surface area contributed by atoms with E-state index in [0.29, 0.717) is 5.92 Å². The lowest BCUT2D eigenvalue weighted by Crippen LogP contribution is -2.28. The van der Waals surface area contributed by atoms with E-state index in [2.05, 4.69) is 59.6 Å². The van der Waals surface area contributed by atoms with Crippen LogP contribution in [0.1, 0.15) is 36.4 Å². The molecule has 3 aromatic carbocycles. The Balaban J connectivity index is 1.42. The molecule has 0 saturated heterocycles. The molecule has 2 aliphatic rings. The summed E-state index contributed by atoms with van der Waals surface area (Å²) < 4.78 is 0. The molecule has 6 heteroatoms. The highest BCUT2D eigenvalue weighted by molar-refractivity contribution is 7.14. The van der Waals surface area contributed by atoms with Gasteiger partial charge in [-0.05, 0) is 60.2 Å². The number of aromatic hydroxyl groups is 2. The zero-order chi connectivity index (χ0) is 23.8. The average Bonchev–Trinajstić information content (AvgIpc) is 3.53. The first kappa shape index (κ1) is 21.6. The molecular weight excluding hydrogens is 454 g/mol. The molecule has 2 N–H and O–H groups in total. The van der Waals surface area contributed by atoms with Crippen molar-refractivity contribution in [2.24, 2.45) is 11.0 Å². The molecule has 2 heterocycles. The predicted molar refractivity (Wildman–Crippen MR) is 142 cm³/mol. The Bertz CT molecular complexity index is 1410. The summed E-state index contributed by atoms with van der Waals surface area (Å²) in [6, 6.07) is 25.9. The molecule has 2 atom stereocenters. The van der Waals surface area contributed by atoms with Gasteiger partial charge in [-0.3, -0.25) is 0 Å². The summed E-state index contributed by atoms with van der Waals surface area (Å²) in [6.45, 7) is 0. The first-order valence-corrected chi connectivity index (χ1v) is 12.7. The van der Waals surface area contributed by atoms with Gasteiger partial charge in [-0.15, -0.1) is 11.3 Å². The van der Waals surface area contributed by atoms with E-state index in [4.69, 9.17) is 10.1 Å². The van der Waals surface area contributed by atoms with Crippen LogP contribution in [0.15, 0.2) is 94.9 Å². The second-order valence-corrected chi connectivity index (χ2v) is 9.82. The number of fused-ring (bicyclic) bond motifs is 1. The smallest absolute Gasteiger partial charge is 0.207 e. The molecule has 35 heavy (non-hydrogen) atoms. The Labute approximate surface area is 208 Å². The first-order chi connectivity index (χ1) is 17.2. The van der Waals surface area contributed by atoms with Crippen molar-refractivity contribution in [3.63, 3.8) is 0 Å². The van der Waals surface area contributed by atoms with Gasteiger partial charge in [0, 0.05) is 16.9 Å². The summed E-state index contributed by atoms with van der Waals surface area (Å²) >= 11 is 1.54. The third-order valence-electron chi connectivity index (χ3n) is 6.74. The van der Waals surface area contributed by atoms with E-state index in [1.54, 1.807) is 23.5 Å². The summed E-state index contributed by atoms with van der Waals surface area (Å²) in [5, 5.41) is 29.7. The molecule has 174 valence electrons. The molecule has 1 saturated carbocycles. The van der Waals surface area contributed by atoms with Gasteiger partial charge in [-0.2, -0.15) is 5.10 Å². The van der Waals surface area contributed by atoms with Crippen LogP contribution in [0, 0.1) is 5.92 Å². The Morgan fingerprint density at radius 2 is 1.69 bits per heavy atom. The van der Waals surface area contributed by atoms with Crippen LogP contribution in [0.3, 0.4) is 0 Å². The number of nitrogens with zero attached hydrogens (tertiary/aromatic N) is 3. The number of thiazole rings is 1. The van der Waals surface area contributed by atoms with E-state index < -0.39 is 0 Å². The lowest BCUT2D eigenvalue weighted by atomic mass is 9.77. The topological polar surface area (TPSA) is 69.0 Å². The average molecular weight is 480 g/mol. The second-order valence-electron chi connectivity index (χ2n) is 8.98. The van der Waals surface area contributed by atoms with Crippen LogP contribution in [0.2, 0.25) is 0 Å². The molecule has 4 aromatic rings. The van der Waals surface area contributed by atoms with Crippen molar-refractivity contribution in [2.45, 2.75) is 25.3 Å². The monoisotopic (exact) mass is 479 g/mol. The van der Waals surface area contributed by atoms with Crippen LogP contribution < -0.4 is 5.01 Å². The number of hydrogen-bond acceptors (Lipinski definition) is 6. The van der Waals surface area contributed by atoms with Crippen molar-refractivity contribution in [1.82, 2.24) is 4.98 Å². The van der Waals surface area contributed by atoms with Gasteiger partial charge < -0.3 is 10.2 Å². The molecule has 1 fully saturated rings. The fourth-order valence-corrected chi connectivity index (χ4v) is 5.90. The molecule has 0 amide bonds. The lowest BCUT2D eigenvalue weighted by Gasteiger charge is -2.29. The molecule has 0 radical (unpaired) electrons. The Morgan fingerprint density at radius 1 is 0.914 bits per heavy atom. The number of benzene rings is 3. The minimum absolute atomic E-state index is 0.0814. The van der Waals surface area contributed by atoms with Crippen molar-refractivity contribution in [2.75, 3.05) is 5.01 Å². The zero-order valence-electron chi connectivity index (χ0n) is 19.1. The van der Waals surface area contributed by atoms with Gasteiger partial charge in [0.25, 0.3) is 0 Å². The number of hydrogen-bond donors (Lipinski definition) is 2. The summed E-state index contributed by atoms with van der Waals surface area (Å²) in [4.78, 5) is 4.90. The third kappa shape index (κ3) is 4.10. The van der Waals surface area contributed by atoms with Crippen LogP contribution in [0.4, 0.5) is 5.13 Å². The number of anilines is 1. The second kappa shape index (κ2) is 9.04. The van der Waals surface area contributed by atoms with Gasteiger partial charge >= 0.3 is 0 Å². The maximum atomic E-state index is 9.95. The fourth-order valence-electron chi connectivity index (χ4n) is 5.08. The molecule has 2 unspecified atom stereocenters. The van der Waals surface area contributed by atoms with Crippen molar-refractivity contribution >= 4 is 28.3 Å². The summed E-state index contributed by atoms with van der Waals surface area (Å²) in [7, 11) is 0. The maximum absolute atomic E-state index is 9.95. The zero-order valence-corrected chi connectivity index (χ0v) is 19.9. The van der Waals surface area contributed by atoms with Crippen molar-refractivity contribution in [3.8, 4) is 22.8 Å². The van der Waals surface area contributed by atoms with E-state index >= 15 is 0 Å². The largest absolute Gasteiger partial charge is 0.504 e. The van der Waals surface area contributed by atoms with Crippen LogP contribution in [0.5, 0.6) is 11.5 Å². The van der Waals surface area contributed by atoms with Crippen molar-refractivity contribution < 1.29 is 10.2 Å². The maximum Gasteiger partial charge on any atom is 0.207 e. The van der Waals surface area contributed by atoms with Gasteiger partial charge in [0.1, 0.15) is 0 Å². The SMILES string of the molecule is Oc1ccc(-c2csc(N3N=C4/C(=C\c5ccccc5)CCCC4C3c3ccccc3)n2)cc1O. The summed E-state index contributed by atoms with van der Waals surface area (Å²) in [5.74, 6) is 0.00890. The number of aromatic nitrogens is 1. The summed E-state index contributed by atoms with van der Waals surface area (Å²) in [6.07, 6.45) is 5.53. The molecule has 0 spiro atoms. The lowest BCUT2D eigenvalue weighted by molar-refractivity contribution is 0.404. The van der Waals surface area contributed by atoms with Gasteiger partial charge in [0.05, 0.1) is 17.4 Å². The highest BCUT2D eigenvalue weighted by Crippen LogP contribution is 2.47. The van der Waals surface area contributed by atoms with E-state index in [1.807, 2.05) is 17.5 Å². The Hall–Kier alpha value is -3.90. The quantitative estimate of drug-likeness (QED) is 0.309. The molecule has 1 aromatic heterocycles. The Kier molecular flexibility index (Phi) is 5.58. The number of hydrazone groups is 1. The van der Waals surface area contributed by atoms with E-state index in [0.717, 1.165) is 41.4 Å². The molecule has 1 aliphatic carbocycles. The van der Waals surface area contributed by atoms with E-state index in [-0.39, 0.29) is 17.5 Å². The van der Waals surface area contributed by atoms with Crippen molar-refractivity contribution in [3.05, 3.63) is 101 Å². The number of allylic oxidation sites excluding steroid dienone is 1. The predicted octanol–water partition coefficient (Wildman–Crippen LogP) is 7.02. The Morgan fingerprint density at radius 3 is 2.46 bits per heavy atom. The third-order valence-corrected chi connectivity index (χ3v) is 7.57. The number of phenolic OH excluding ortho intramolecular Hbond substituents is 2. The minimum atomic E-state index is -0.151. The molecule has 0 bridgehead atoms. The highest BCUT2D eigenvalue weighted by Gasteiger charge is 2.42. The van der Waals surface area contributed by atoms with Gasteiger partial charge in [0.15, 0.2) is 11.5 Å². The van der Waals surface area contributed by atoms with Crippen LogP contribution in [0.25, 0.3) is 17.3 Å². The van der Waals surface area contributed by atoms with Crippen molar-refractivity contribution in [1.29, 1.82) is 0 Å². The molecular formula is C29H25N3O2S. The normalized spacial score (nSPS) is 20.6. The van der Waals surface area contributed by atoms with E-state index in [9.17, 15) is 10.2 Å². The number of phenols is 2. The van der Waals surface area contributed by atoms with Gasteiger partial charge in [-0.25, -0.2) is 9.99 Å². The van der Waals surface area contributed by atoms with E-state index in [1.165, 1.54) is 22.8 Å².